The summed E-state index contributed by atoms with van der Waals surface area (Å²) < 4.78 is 0. The van der Waals surface area contributed by atoms with Crippen LogP contribution in [0.1, 0.15) is 36.1 Å². The van der Waals surface area contributed by atoms with Gasteiger partial charge >= 0.3 is 0 Å². The Labute approximate surface area is 173 Å². The largest absolute Gasteiger partial charge is 0.399 e. The Morgan fingerprint density at radius 3 is 1.97 bits per heavy atom. The first-order valence-electron chi connectivity index (χ1n) is 9.95. The van der Waals surface area contributed by atoms with Crippen molar-refractivity contribution < 1.29 is 0 Å². The predicted octanol–water partition coefficient (Wildman–Crippen LogP) is 6.00. The van der Waals surface area contributed by atoms with E-state index in [1.54, 1.807) is 0 Å². The SMILES string of the molecule is CC(C)=CCNc1cnc(-c2c(C)c(C)c(-c3ccc(N)cc3)c(C)c2C)cn1. The molecule has 0 radical (unpaired) electrons. The van der Waals surface area contributed by atoms with Gasteiger partial charge in [-0.1, -0.05) is 23.8 Å². The number of nitrogens with zero attached hydrogens (tertiary/aromatic N) is 2. The molecule has 3 aromatic rings. The molecule has 0 spiro atoms. The number of nitrogens with two attached hydrogens (primary N) is 1. The van der Waals surface area contributed by atoms with E-state index in [1.807, 2.05) is 24.5 Å². The van der Waals surface area contributed by atoms with Gasteiger partial charge in [0.25, 0.3) is 0 Å². The van der Waals surface area contributed by atoms with Crippen LogP contribution in [0.4, 0.5) is 11.5 Å². The number of nitrogens with one attached hydrogen (secondary N) is 1. The van der Waals surface area contributed by atoms with E-state index in [4.69, 9.17) is 10.7 Å². The van der Waals surface area contributed by atoms with Crippen LogP contribution in [0.5, 0.6) is 0 Å². The Morgan fingerprint density at radius 2 is 1.45 bits per heavy atom. The van der Waals surface area contributed by atoms with Gasteiger partial charge in [-0.25, -0.2) is 4.98 Å². The lowest BCUT2D eigenvalue weighted by Gasteiger charge is -2.20. The maximum absolute atomic E-state index is 5.87. The summed E-state index contributed by atoms with van der Waals surface area (Å²) in [7, 11) is 0. The van der Waals surface area contributed by atoms with Gasteiger partial charge in [0.05, 0.1) is 18.1 Å². The van der Waals surface area contributed by atoms with Crippen LogP contribution in [-0.2, 0) is 0 Å². The molecule has 2 aromatic carbocycles. The van der Waals surface area contributed by atoms with Gasteiger partial charge in [0.15, 0.2) is 0 Å². The third-order valence-electron chi connectivity index (χ3n) is 5.53. The van der Waals surface area contributed by atoms with E-state index >= 15 is 0 Å². The number of allylic oxidation sites excluding steroid dienone is 1. The van der Waals surface area contributed by atoms with Crippen LogP contribution in [0.3, 0.4) is 0 Å². The van der Waals surface area contributed by atoms with Gasteiger partial charge in [0.2, 0.25) is 0 Å². The van der Waals surface area contributed by atoms with E-state index in [1.165, 1.54) is 44.5 Å². The van der Waals surface area contributed by atoms with Gasteiger partial charge in [-0.05, 0) is 87.1 Å². The van der Waals surface area contributed by atoms with Crippen molar-refractivity contribution in [3.63, 3.8) is 0 Å². The zero-order valence-corrected chi connectivity index (χ0v) is 18.2. The second kappa shape index (κ2) is 8.48. The first-order chi connectivity index (χ1) is 13.8. The van der Waals surface area contributed by atoms with E-state index in [-0.39, 0.29) is 0 Å². The predicted molar refractivity (Wildman–Crippen MR) is 124 cm³/mol. The smallest absolute Gasteiger partial charge is 0.144 e. The van der Waals surface area contributed by atoms with Crippen LogP contribution >= 0.6 is 0 Å². The second-order valence-electron chi connectivity index (χ2n) is 7.82. The topological polar surface area (TPSA) is 63.8 Å². The van der Waals surface area contributed by atoms with Crippen LogP contribution in [-0.4, -0.2) is 16.5 Å². The average molecular weight is 387 g/mol. The number of nitrogen functional groups attached to an aromatic ring is 1. The average Bonchev–Trinajstić information content (AvgIpc) is 2.69. The van der Waals surface area contributed by atoms with Crippen LogP contribution < -0.4 is 11.1 Å². The summed E-state index contributed by atoms with van der Waals surface area (Å²) >= 11 is 0. The number of rotatable bonds is 5. The molecule has 0 unspecified atom stereocenters. The van der Waals surface area contributed by atoms with Gasteiger partial charge in [0.1, 0.15) is 5.82 Å². The molecule has 3 rings (SSSR count). The highest BCUT2D eigenvalue weighted by Gasteiger charge is 2.18. The fourth-order valence-corrected chi connectivity index (χ4v) is 3.69. The van der Waals surface area contributed by atoms with Crippen molar-refractivity contribution in [3.05, 3.63) is 70.6 Å². The Kier molecular flexibility index (Phi) is 6.02. The van der Waals surface area contributed by atoms with Crippen molar-refractivity contribution in [1.29, 1.82) is 0 Å². The minimum absolute atomic E-state index is 0.753. The molecule has 3 N–H and O–H groups in total. The number of hydrogen-bond acceptors (Lipinski definition) is 4. The Balaban J connectivity index is 2.00. The molecule has 0 amide bonds. The van der Waals surface area contributed by atoms with Crippen LogP contribution in [0.25, 0.3) is 22.4 Å². The fraction of sp³-hybridized carbons (Fsp3) is 0.280. The molecule has 4 nitrogen and oxygen atoms in total. The quantitative estimate of drug-likeness (QED) is 0.417. The van der Waals surface area contributed by atoms with Crippen molar-refractivity contribution in [2.24, 2.45) is 0 Å². The van der Waals surface area contributed by atoms with Gasteiger partial charge in [0, 0.05) is 17.8 Å². The summed E-state index contributed by atoms with van der Waals surface area (Å²) in [5.74, 6) is 0.786. The summed E-state index contributed by atoms with van der Waals surface area (Å²) in [6.07, 6.45) is 5.81. The van der Waals surface area contributed by atoms with E-state index in [2.05, 4.69) is 70.1 Å². The van der Waals surface area contributed by atoms with Crippen molar-refractivity contribution in [2.45, 2.75) is 41.5 Å². The maximum Gasteiger partial charge on any atom is 0.144 e. The van der Waals surface area contributed by atoms with Crippen LogP contribution in [0.15, 0.2) is 48.3 Å². The van der Waals surface area contributed by atoms with Crippen molar-refractivity contribution in [1.82, 2.24) is 9.97 Å². The lowest BCUT2D eigenvalue weighted by atomic mass is 9.85. The molecule has 0 fully saturated rings. The molecule has 0 aliphatic carbocycles. The first kappa shape index (κ1) is 20.6. The molecular weight excluding hydrogens is 356 g/mol. The van der Waals surface area contributed by atoms with Gasteiger partial charge in [-0.2, -0.15) is 0 Å². The van der Waals surface area contributed by atoms with Crippen LogP contribution in [0.2, 0.25) is 0 Å². The zero-order chi connectivity index (χ0) is 21.1. The second-order valence-corrected chi connectivity index (χ2v) is 7.82. The number of anilines is 2. The molecule has 0 saturated carbocycles. The first-order valence-corrected chi connectivity index (χ1v) is 9.95. The number of hydrogen-bond donors (Lipinski definition) is 2. The van der Waals surface area contributed by atoms with Crippen LogP contribution in [0, 0.1) is 27.7 Å². The minimum atomic E-state index is 0.753. The summed E-state index contributed by atoms with van der Waals surface area (Å²) in [6.45, 7) is 13.6. The monoisotopic (exact) mass is 386 g/mol. The highest BCUT2D eigenvalue weighted by Crippen LogP contribution is 2.38. The van der Waals surface area contributed by atoms with E-state index in [9.17, 15) is 0 Å². The van der Waals surface area contributed by atoms with Gasteiger partial charge in [-0.15, -0.1) is 0 Å². The maximum atomic E-state index is 5.87. The third kappa shape index (κ3) is 4.32. The lowest BCUT2D eigenvalue weighted by Crippen LogP contribution is -2.04. The van der Waals surface area contributed by atoms with E-state index in [0.29, 0.717) is 0 Å². The highest BCUT2D eigenvalue weighted by atomic mass is 15.0. The molecule has 0 aliphatic heterocycles. The standard InChI is InChI=1S/C25H30N4/c1-15(2)11-12-27-23-14-28-22(13-29-23)25-18(5)16(3)24(17(4)19(25)6)20-7-9-21(26)10-8-20/h7-11,13-14H,12,26H2,1-6H3,(H,27,29). The molecule has 0 bridgehead atoms. The van der Waals surface area contributed by atoms with E-state index < -0.39 is 0 Å². The van der Waals surface area contributed by atoms with Crippen molar-refractivity contribution in [2.75, 3.05) is 17.6 Å². The molecule has 0 atom stereocenters. The molecular formula is C25H30N4. The molecule has 0 aliphatic rings. The summed E-state index contributed by atoms with van der Waals surface area (Å²) in [5, 5.41) is 3.28. The van der Waals surface area contributed by atoms with E-state index in [0.717, 1.165) is 23.7 Å². The normalized spacial score (nSPS) is 10.7. The van der Waals surface area contributed by atoms with Gasteiger partial charge in [-0.3, -0.25) is 4.98 Å². The molecule has 1 aromatic heterocycles. The third-order valence-corrected chi connectivity index (χ3v) is 5.53. The minimum Gasteiger partial charge on any atom is -0.399 e. The summed E-state index contributed by atoms with van der Waals surface area (Å²) in [6, 6.07) is 8.10. The summed E-state index contributed by atoms with van der Waals surface area (Å²) in [4.78, 5) is 9.27. The number of aromatic nitrogens is 2. The Hall–Kier alpha value is -3.14. The van der Waals surface area contributed by atoms with Crippen molar-refractivity contribution in [3.8, 4) is 22.4 Å². The molecule has 4 heteroatoms. The molecule has 150 valence electrons. The molecule has 1 heterocycles. The lowest BCUT2D eigenvalue weighted by molar-refractivity contribution is 1.14. The fourth-order valence-electron chi connectivity index (χ4n) is 3.69. The van der Waals surface area contributed by atoms with Crippen molar-refractivity contribution >= 4 is 11.5 Å². The highest BCUT2D eigenvalue weighted by molar-refractivity contribution is 5.82. The van der Waals surface area contributed by atoms with Gasteiger partial charge < -0.3 is 11.1 Å². The Bertz CT molecular complexity index is 1010. The summed E-state index contributed by atoms with van der Waals surface area (Å²) in [5.41, 5.74) is 17.5. The zero-order valence-electron chi connectivity index (χ0n) is 18.2. The molecule has 29 heavy (non-hydrogen) atoms. The number of benzene rings is 2. The Morgan fingerprint density at radius 1 is 0.862 bits per heavy atom. The molecule has 0 saturated heterocycles.